The molecule has 0 bridgehead atoms. The summed E-state index contributed by atoms with van der Waals surface area (Å²) < 4.78 is 7.42. The Morgan fingerprint density at radius 2 is 2.07 bits per heavy atom. The second kappa shape index (κ2) is 7.40. The maximum atomic E-state index is 12.7. The molecule has 0 saturated heterocycles. The van der Waals surface area contributed by atoms with Gasteiger partial charge in [0.05, 0.1) is 12.7 Å². The molecule has 4 rings (SSSR count). The minimum Gasteiger partial charge on any atom is -0.496 e. The number of methoxy groups -OCH3 is 1. The van der Waals surface area contributed by atoms with E-state index < -0.39 is 0 Å². The molecule has 138 valence electrons. The molecule has 1 aliphatic heterocycles. The van der Waals surface area contributed by atoms with Gasteiger partial charge in [-0.3, -0.25) is 4.79 Å². The third-order valence-corrected chi connectivity index (χ3v) is 4.88. The molecule has 1 amide bonds. The first-order valence-electron chi connectivity index (χ1n) is 8.83. The van der Waals surface area contributed by atoms with E-state index in [1.807, 2.05) is 24.3 Å². The molecule has 1 aromatic heterocycles. The van der Waals surface area contributed by atoms with Crippen LogP contribution in [0.3, 0.4) is 0 Å². The number of aryl methyl sites for hydroxylation is 1. The summed E-state index contributed by atoms with van der Waals surface area (Å²) in [6.45, 7) is 0.925. The van der Waals surface area contributed by atoms with E-state index in [2.05, 4.69) is 20.1 Å². The van der Waals surface area contributed by atoms with Crippen LogP contribution < -0.4 is 10.1 Å². The number of fused-ring (bicyclic) bond motifs is 1. The number of hydrogen-bond donors (Lipinski definition) is 1. The van der Waals surface area contributed by atoms with Gasteiger partial charge in [-0.1, -0.05) is 23.7 Å². The van der Waals surface area contributed by atoms with Crippen molar-refractivity contribution in [2.24, 2.45) is 0 Å². The predicted octanol–water partition coefficient (Wildman–Crippen LogP) is 4.20. The zero-order valence-electron chi connectivity index (χ0n) is 14.9. The number of anilines is 1. The molecule has 1 N–H and O–H groups in total. The summed E-state index contributed by atoms with van der Waals surface area (Å²) >= 11 is 6.03. The summed E-state index contributed by atoms with van der Waals surface area (Å²) in [5, 5.41) is 12.0. The van der Waals surface area contributed by atoms with Crippen molar-refractivity contribution in [2.75, 3.05) is 12.4 Å². The van der Waals surface area contributed by atoms with Crippen LogP contribution in [-0.4, -0.2) is 27.8 Å². The number of rotatable bonds is 4. The average Bonchev–Trinajstić information content (AvgIpc) is 3.12. The van der Waals surface area contributed by atoms with Gasteiger partial charge in [-0.15, -0.1) is 10.2 Å². The van der Waals surface area contributed by atoms with E-state index in [-0.39, 0.29) is 5.91 Å². The number of carbonyl (C=O) groups excluding carboxylic acids is 1. The lowest BCUT2D eigenvalue weighted by Crippen LogP contribution is -2.13. The molecule has 0 spiro atoms. The molecule has 27 heavy (non-hydrogen) atoms. The number of nitrogens with one attached hydrogen (secondary N) is 1. The summed E-state index contributed by atoms with van der Waals surface area (Å²) in [7, 11) is 1.52. The molecule has 0 fully saturated rings. The molecule has 2 heterocycles. The van der Waals surface area contributed by atoms with E-state index in [0.29, 0.717) is 22.0 Å². The summed E-state index contributed by atoms with van der Waals surface area (Å²) in [6.07, 6.45) is 3.23. The van der Waals surface area contributed by atoms with Gasteiger partial charge in [0.15, 0.2) is 5.82 Å². The Balaban J connectivity index is 1.61. The van der Waals surface area contributed by atoms with E-state index in [4.69, 9.17) is 16.3 Å². The van der Waals surface area contributed by atoms with Crippen LogP contribution in [0.1, 0.15) is 29.0 Å². The SMILES string of the molecule is COc1ccc(Cl)cc1C(=O)Nc1cccc(-c2nnc3n2CCCC3)c1. The third kappa shape index (κ3) is 3.53. The van der Waals surface area contributed by atoms with Crippen LogP contribution in [0.4, 0.5) is 5.69 Å². The fourth-order valence-electron chi connectivity index (χ4n) is 3.31. The maximum absolute atomic E-state index is 12.7. The zero-order valence-corrected chi connectivity index (χ0v) is 15.7. The fourth-order valence-corrected chi connectivity index (χ4v) is 3.49. The molecule has 2 aromatic carbocycles. The molecular formula is C20H19ClN4O2. The number of ether oxygens (including phenoxy) is 1. The largest absolute Gasteiger partial charge is 0.496 e. The van der Waals surface area contributed by atoms with E-state index in [9.17, 15) is 4.79 Å². The minimum atomic E-state index is -0.283. The maximum Gasteiger partial charge on any atom is 0.259 e. The van der Waals surface area contributed by atoms with Crippen molar-refractivity contribution >= 4 is 23.2 Å². The topological polar surface area (TPSA) is 69.0 Å². The second-order valence-electron chi connectivity index (χ2n) is 6.43. The van der Waals surface area contributed by atoms with Gasteiger partial charge in [-0.25, -0.2) is 0 Å². The normalized spacial score (nSPS) is 13.1. The van der Waals surface area contributed by atoms with Gasteiger partial charge in [0.2, 0.25) is 0 Å². The summed E-state index contributed by atoms with van der Waals surface area (Å²) in [4.78, 5) is 12.7. The zero-order chi connectivity index (χ0) is 18.8. The van der Waals surface area contributed by atoms with Crippen LogP contribution >= 0.6 is 11.6 Å². The summed E-state index contributed by atoms with van der Waals surface area (Å²) in [5.74, 6) is 2.05. The van der Waals surface area contributed by atoms with E-state index in [0.717, 1.165) is 43.0 Å². The Bertz CT molecular complexity index is 999. The Kier molecular flexibility index (Phi) is 4.81. The van der Waals surface area contributed by atoms with Crippen LogP contribution in [0.5, 0.6) is 5.75 Å². The van der Waals surface area contributed by atoms with Crippen molar-refractivity contribution in [3.8, 4) is 17.1 Å². The van der Waals surface area contributed by atoms with E-state index in [1.54, 1.807) is 18.2 Å². The average molecular weight is 383 g/mol. The molecule has 0 saturated carbocycles. The number of halogens is 1. The Morgan fingerprint density at radius 3 is 2.93 bits per heavy atom. The summed E-state index contributed by atoms with van der Waals surface area (Å²) in [6, 6.07) is 12.6. The number of hydrogen-bond acceptors (Lipinski definition) is 4. The Labute approximate surface area is 162 Å². The fraction of sp³-hybridized carbons (Fsp3) is 0.250. The minimum absolute atomic E-state index is 0.283. The van der Waals surface area contributed by atoms with Gasteiger partial charge in [0.1, 0.15) is 11.6 Å². The van der Waals surface area contributed by atoms with Gasteiger partial charge in [-0.05, 0) is 43.2 Å². The van der Waals surface area contributed by atoms with Gasteiger partial charge < -0.3 is 14.6 Å². The van der Waals surface area contributed by atoms with Crippen LogP contribution in [0, 0.1) is 0 Å². The van der Waals surface area contributed by atoms with Crippen molar-refractivity contribution in [3.63, 3.8) is 0 Å². The van der Waals surface area contributed by atoms with Gasteiger partial charge in [0.25, 0.3) is 5.91 Å². The monoisotopic (exact) mass is 382 g/mol. The number of benzene rings is 2. The van der Waals surface area contributed by atoms with Crippen LogP contribution in [0.15, 0.2) is 42.5 Å². The number of amides is 1. The molecule has 6 nitrogen and oxygen atoms in total. The van der Waals surface area contributed by atoms with E-state index in [1.165, 1.54) is 7.11 Å². The highest BCUT2D eigenvalue weighted by Crippen LogP contribution is 2.27. The Hall–Kier alpha value is -2.86. The highest BCUT2D eigenvalue weighted by atomic mass is 35.5. The second-order valence-corrected chi connectivity index (χ2v) is 6.86. The molecule has 0 atom stereocenters. The number of aromatic nitrogens is 3. The standard InChI is InChI=1S/C20H19ClN4O2/c1-27-17-9-8-14(21)12-16(17)20(26)22-15-6-4-5-13(11-15)19-24-23-18-7-2-3-10-25(18)19/h4-6,8-9,11-12H,2-3,7,10H2,1H3,(H,22,26). The first kappa shape index (κ1) is 17.5. The molecule has 7 heteroatoms. The van der Waals surface area contributed by atoms with Crippen molar-refractivity contribution in [1.29, 1.82) is 0 Å². The van der Waals surface area contributed by atoms with Crippen molar-refractivity contribution in [1.82, 2.24) is 14.8 Å². The molecule has 0 unspecified atom stereocenters. The molecule has 3 aromatic rings. The lowest BCUT2D eigenvalue weighted by atomic mass is 10.1. The summed E-state index contributed by atoms with van der Waals surface area (Å²) in [5.41, 5.74) is 1.98. The van der Waals surface area contributed by atoms with E-state index >= 15 is 0 Å². The van der Waals surface area contributed by atoms with Crippen molar-refractivity contribution in [2.45, 2.75) is 25.8 Å². The third-order valence-electron chi connectivity index (χ3n) is 4.64. The van der Waals surface area contributed by atoms with Crippen LogP contribution in [0.25, 0.3) is 11.4 Å². The highest BCUT2D eigenvalue weighted by Gasteiger charge is 2.18. The smallest absolute Gasteiger partial charge is 0.259 e. The van der Waals surface area contributed by atoms with Crippen molar-refractivity contribution in [3.05, 3.63) is 58.9 Å². The lowest BCUT2D eigenvalue weighted by Gasteiger charge is -2.15. The molecule has 0 radical (unpaired) electrons. The Morgan fingerprint density at radius 1 is 1.19 bits per heavy atom. The van der Waals surface area contributed by atoms with Crippen LogP contribution in [0.2, 0.25) is 5.02 Å². The van der Waals surface area contributed by atoms with Gasteiger partial charge in [0, 0.05) is 29.2 Å². The van der Waals surface area contributed by atoms with Crippen molar-refractivity contribution < 1.29 is 9.53 Å². The molecule has 0 aliphatic carbocycles. The van der Waals surface area contributed by atoms with Gasteiger partial charge >= 0.3 is 0 Å². The number of carbonyl (C=O) groups is 1. The molecular weight excluding hydrogens is 364 g/mol. The van der Waals surface area contributed by atoms with Gasteiger partial charge in [-0.2, -0.15) is 0 Å². The first-order valence-corrected chi connectivity index (χ1v) is 9.21. The predicted molar refractivity (Wildman–Crippen MR) is 104 cm³/mol. The highest BCUT2D eigenvalue weighted by molar-refractivity contribution is 6.31. The first-order chi connectivity index (χ1) is 13.2. The molecule has 1 aliphatic rings. The quantitative estimate of drug-likeness (QED) is 0.734. The van der Waals surface area contributed by atoms with Crippen LogP contribution in [-0.2, 0) is 13.0 Å². The lowest BCUT2D eigenvalue weighted by molar-refractivity contribution is 0.102. The number of nitrogens with zero attached hydrogens (tertiary/aromatic N) is 3.